The monoisotopic (exact) mass is 284 g/mol. The third kappa shape index (κ3) is 4.51. The lowest BCUT2D eigenvalue weighted by molar-refractivity contribution is -0.137. The largest absolute Gasteiger partial charge is 0.340 e. The smallest absolute Gasteiger partial charge is 0.227 e. The van der Waals surface area contributed by atoms with Crippen molar-refractivity contribution < 1.29 is 4.79 Å². The number of hydrogen-bond donors (Lipinski definition) is 1. The third-order valence-corrected chi connectivity index (χ3v) is 3.36. The van der Waals surface area contributed by atoms with E-state index in [-0.39, 0.29) is 36.3 Å². The number of nitrogens with two attached hydrogens (primary N) is 1. The van der Waals surface area contributed by atoms with Crippen molar-refractivity contribution in [2.75, 3.05) is 6.54 Å². The maximum absolute atomic E-state index is 12.4. The van der Waals surface area contributed by atoms with Crippen LogP contribution in [-0.4, -0.2) is 23.4 Å². The van der Waals surface area contributed by atoms with Crippen LogP contribution in [0.3, 0.4) is 0 Å². The zero-order chi connectivity index (χ0) is 13.7. The second-order valence-corrected chi connectivity index (χ2v) is 4.94. The van der Waals surface area contributed by atoms with Crippen LogP contribution in [0.4, 0.5) is 0 Å². The lowest BCUT2D eigenvalue weighted by Crippen LogP contribution is -2.43. The van der Waals surface area contributed by atoms with E-state index in [9.17, 15) is 4.79 Å². The predicted molar refractivity (Wildman–Crippen MR) is 82.3 cm³/mol. The summed E-state index contributed by atoms with van der Waals surface area (Å²) in [5.41, 5.74) is 7.20. The highest BCUT2D eigenvalue weighted by Crippen LogP contribution is 2.21. The van der Waals surface area contributed by atoms with E-state index in [1.807, 2.05) is 62.9 Å². The molecule has 3 nitrogen and oxygen atoms in total. The molecule has 4 heteroatoms. The zero-order valence-electron chi connectivity index (χ0n) is 12.2. The van der Waals surface area contributed by atoms with E-state index in [4.69, 9.17) is 5.73 Å². The van der Waals surface area contributed by atoms with Crippen LogP contribution in [0.25, 0.3) is 0 Å². The summed E-state index contributed by atoms with van der Waals surface area (Å²) in [5.74, 6) is -0.0707. The van der Waals surface area contributed by atoms with Crippen LogP contribution in [0.1, 0.15) is 39.3 Å². The van der Waals surface area contributed by atoms with Gasteiger partial charge in [-0.1, -0.05) is 37.3 Å². The number of amides is 1. The van der Waals surface area contributed by atoms with Gasteiger partial charge >= 0.3 is 0 Å². The molecule has 1 rings (SSSR count). The molecular formula is C15H25ClN2O. The molecule has 1 amide bonds. The molecule has 2 unspecified atom stereocenters. The van der Waals surface area contributed by atoms with E-state index < -0.39 is 0 Å². The summed E-state index contributed by atoms with van der Waals surface area (Å²) < 4.78 is 0. The van der Waals surface area contributed by atoms with Gasteiger partial charge in [0.05, 0.1) is 5.92 Å². The molecule has 0 spiro atoms. The Balaban J connectivity index is 0.00000324. The van der Waals surface area contributed by atoms with E-state index >= 15 is 0 Å². The van der Waals surface area contributed by atoms with Crippen LogP contribution in [0, 0.1) is 5.92 Å². The molecule has 0 radical (unpaired) electrons. The van der Waals surface area contributed by atoms with Crippen LogP contribution in [-0.2, 0) is 4.79 Å². The second-order valence-electron chi connectivity index (χ2n) is 4.94. The molecule has 19 heavy (non-hydrogen) atoms. The standard InChI is InChI=1S/C15H24N2O.ClH/c1-5-17(11(2)3)15(18)12(4)14(16)13-9-7-6-8-10-13;/h6-12,14H,5,16H2,1-4H3;1H. The topological polar surface area (TPSA) is 46.3 Å². The summed E-state index contributed by atoms with van der Waals surface area (Å²) in [5, 5.41) is 0. The van der Waals surface area contributed by atoms with Crippen molar-refractivity contribution in [3.05, 3.63) is 35.9 Å². The Kier molecular flexibility index (Phi) is 7.72. The molecule has 0 aliphatic rings. The minimum absolute atomic E-state index is 0. The first-order valence-electron chi connectivity index (χ1n) is 6.60. The Labute approximate surface area is 122 Å². The first-order chi connectivity index (χ1) is 8.49. The van der Waals surface area contributed by atoms with Crippen molar-refractivity contribution >= 4 is 18.3 Å². The number of halogens is 1. The number of hydrogen-bond acceptors (Lipinski definition) is 2. The maximum Gasteiger partial charge on any atom is 0.227 e. The first-order valence-corrected chi connectivity index (χ1v) is 6.60. The summed E-state index contributed by atoms with van der Waals surface area (Å²) in [6.45, 7) is 8.69. The fourth-order valence-corrected chi connectivity index (χ4v) is 2.15. The van der Waals surface area contributed by atoms with E-state index in [1.54, 1.807) is 0 Å². The molecule has 0 saturated heterocycles. The molecule has 0 fully saturated rings. The van der Waals surface area contributed by atoms with Crippen molar-refractivity contribution in [1.29, 1.82) is 0 Å². The summed E-state index contributed by atoms with van der Waals surface area (Å²) in [6, 6.07) is 9.77. The minimum Gasteiger partial charge on any atom is -0.340 e. The lowest BCUT2D eigenvalue weighted by atomic mass is 9.94. The van der Waals surface area contributed by atoms with Gasteiger partial charge in [-0.2, -0.15) is 0 Å². The van der Waals surface area contributed by atoms with Gasteiger partial charge in [0.2, 0.25) is 5.91 Å². The Hall–Kier alpha value is -1.06. The van der Waals surface area contributed by atoms with Gasteiger partial charge < -0.3 is 10.6 Å². The third-order valence-electron chi connectivity index (χ3n) is 3.36. The molecule has 0 aliphatic carbocycles. The molecule has 0 saturated carbocycles. The highest BCUT2D eigenvalue weighted by molar-refractivity contribution is 5.85. The molecule has 0 aliphatic heterocycles. The van der Waals surface area contributed by atoms with Crippen molar-refractivity contribution in [3.63, 3.8) is 0 Å². The molecule has 1 aromatic rings. The molecule has 2 atom stereocenters. The Morgan fingerprint density at radius 3 is 2.16 bits per heavy atom. The number of carbonyl (C=O) groups excluding carboxylic acids is 1. The average molecular weight is 285 g/mol. The van der Waals surface area contributed by atoms with Crippen LogP contribution < -0.4 is 5.73 Å². The SMILES string of the molecule is CCN(C(=O)C(C)C(N)c1ccccc1)C(C)C.Cl. The number of rotatable bonds is 5. The molecule has 1 aromatic carbocycles. The van der Waals surface area contributed by atoms with Gasteiger partial charge in [0.25, 0.3) is 0 Å². The van der Waals surface area contributed by atoms with Crippen molar-refractivity contribution in [1.82, 2.24) is 4.90 Å². The van der Waals surface area contributed by atoms with Crippen molar-refractivity contribution in [2.24, 2.45) is 11.7 Å². The zero-order valence-corrected chi connectivity index (χ0v) is 13.0. The predicted octanol–water partition coefficient (Wildman–Crippen LogP) is 3.00. The second kappa shape index (κ2) is 8.18. The molecule has 2 N–H and O–H groups in total. The first kappa shape index (κ1) is 17.9. The Morgan fingerprint density at radius 1 is 1.21 bits per heavy atom. The number of benzene rings is 1. The average Bonchev–Trinajstić information content (AvgIpc) is 2.38. The maximum atomic E-state index is 12.4. The van der Waals surface area contributed by atoms with Gasteiger partial charge in [-0.25, -0.2) is 0 Å². The summed E-state index contributed by atoms with van der Waals surface area (Å²) in [7, 11) is 0. The van der Waals surface area contributed by atoms with Gasteiger partial charge in [0, 0.05) is 18.6 Å². The van der Waals surface area contributed by atoms with Crippen LogP contribution in [0.5, 0.6) is 0 Å². The minimum atomic E-state index is -0.244. The van der Waals surface area contributed by atoms with E-state index in [2.05, 4.69) is 0 Å². The quantitative estimate of drug-likeness (QED) is 0.903. The summed E-state index contributed by atoms with van der Waals surface area (Å²) >= 11 is 0. The van der Waals surface area contributed by atoms with Crippen LogP contribution >= 0.6 is 12.4 Å². The van der Waals surface area contributed by atoms with Crippen LogP contribution in [0.2, 0.25) is 0 Å². The van der Waals surface area contributed by atoms with Gasteiger partial charge in [0.15, 0.2) is 0 Å². The molecule has 108 valence electrons. The summed E-state index contributed by atoms with van der Waals surface area (Å²) in [6.07, 6.45) is 0. The van der Waals surface area contributed by atoms with Gasteiger partial charge in [-0.05, 0) is 26.3 Å². The Morgan fingerprint density at radius 2 is 1.74 bits per heavy atom. The van der Waals surface area contributed by atoms with Crippen molar-refractivity contribution in [2.45, 2.75) is 39.8 Å². The normalized spacial score (nSPS) is 13.6. The van der Waals surface area contributed by atoms with Crippen molar-refractivity contribution in [3.8, 4) is 0 Å². The fraction of sp³-hybridized carbons (Fsp3) is 0.533. The number of carbonyl (C=O) groups is 1. The molecule has 0 heterocycles. The molecule has 0 aromatic heterocycles. The summed E-state index contributed by atoms with van der Waals surface area (Å²) in [4.78, 5) is 14.2. The molecule has 0 bridgehead atoms. The van der Waals surface area contributed by atoms with Gasteiger partial charge in [-0.15, -0.1) is 12.4 Å². The van der Waals surface area contributed by atoms with Gasteiger partial charge in [0.1, 0.15) is 0 Å². The fourth-order valence-electron chi connectivity index (χ4n) is 2.15. The lowest BCUT2D eigenvalue weighted by Gasteiger charge is -2.30. The number of nitrogens with zero attached hydrogens (tertiary/aromatic N) is 1. The highest BCUT2D eigenvalue weighted by Gasteiger charge is 2.27. The molecular weight excluding hydrogens is 260 g/mol. The van der Waals surface area contributed by atoms with Gasteiger partial charge in [-0.3, -0.25) is 4.79 Å². The van der Waals surface area contributed by atoms with E-state index in [0.717, 1.165) is 12.1 Å². The van der Waals surface area contributed by atoms with Crippen LogP contribution in [0.15, 0.2) is 30.3 Å². The highest BCUT2D eigenvalue weighted by atomic mass is 35.5. The van der Waals surface area contributed by atoms with E-state index in [0.29, 0.717) is 0 Å². The van der Waals surface area contributed by atoms with E-state index in [1.165, 1.54) is 0 Å². The Bertz CT molecular complexity index is 381.